The van der Waals surface area contributed by atoms with E-state index in [0.717, 1.165) is 6.42 Å². The van der Waals surface area contributed by atoms with E-state index in [1.807, 2.05) is 12.1 Å². The molecule has 1 aromatic rings. The van der Waals surface area contributed by atoms with E-state index in [4.69, 9.17) is 0 Å². The average Bonchev–Trinajstić information content (AvgIpc) is 2.38. The third-order valence-electron chi connectivity index (χ3n) is 6.20. The SMILES string of the molecule is CC(CCCC(C)(C(C)(C)C)C(C)(C)C)Cc1ccc(O)cc1. The van der Waals surface area contributed by atoms with Crippen LogP contribution in [0.15, 0.2) is 24.3 Å². The van der Waals surface area contributed by atoms with Crippen molar-refractivity contribution in [2.75, 3.05) is 0 Å². The second kappa shape index (κ2) is 7.28. The van der Waals surface area contributed by atoms with Crippen molar-refractivity contribution in [1.82, 2.24) is 0 Å². The van der Waals surface area contributed by atoms with Crippen LogP contribution in [0.25, 0.3) is 0 Å². The van der Waals surface area contributed by atoms with Crippen molar-refractivity contribution in [2.24, 2.45) is 22.2 Å². The van der Waals surface area contributed by atoms with Gasteiger partial charge in [-0.2, -0.15) is 0 Å². The highest BCUT2D eigenvalue weighted by Gasteiger charge is 2.45. The summed E-state index contributed by atoms with van der Waals surface area (Å²) in [5.74, 6) is 1.04. The minimum absolute atomic E-state index is 0.311. The number of phenols is 1. The van der Waals surface area contributed by atoms with Gasteiger partial charge in [-0.1, -0.05) is 80.4 Å². The molecule has 0 aliphatic rings. The van der Waals surface area contributed by atoms with E-state index in [0.29, 0.717) is 27.9 Å². The molecule has 1 N–H and O–H groups in total. The lowest BCUT2D eigenvalue weighted by atomic mass is 9.53. The number of hydrogen-bond donors (Lipinski definition) is 1. The molecule has 0 amide bonds. The summed E-state index contributed by atoms with van der Waals surface area (Å²) in [7, 11) is 0. The van der Waals surface area contributed by atoms with E-state index >= 15 is 0 Å². The first kappa shape index (κ1) is 20.1. The lowest BCUT2D eigenvalue weighted by Crippen LogP contribution is -2.43. The highest BCUT2D eigenvalue weighted by Crippen LogP contribution is 2.54. The van der Waals surface area contributed by atoms with Crippen LogP contribution in [0.2, 0.25) is 0 Å². The number of rotatable bonds is 6. The first-order valence-corrected chi connectivity index (χ1v) is 9.15. The third-order valence-corrected chi connectivity index (χ3v) is 6.20. The molecule has 0 heterocycles. The second-order valence-electron chi connectivity index (χ2n) is 9.70. The Hall–Kier alpha value is -0.980. The van der Waals surface area contributed by atoms with Gasteiger partial charge >= 0.3 is 0 Å². The number of hydrogen-bond acceptors (Lipinski definition) is 1. The van der Waals surface area contributed by atoms with Gasteiger partial charge in [0.25, 0.3) is 0 Å². The van der Waals surface area contributed by atoms with Crippen LogP contribution in [0.3, 0.4) is 0 Å². The number of phenolic OH excluding ortho intramolecular Hbond substituents is 1. The van der Waals surface area contributed by atoms with Crippen LogP contribution in [-0.2, 0) is 6.42 Å². The van der Waals surface area contributed by atoms with Gasteiger partial charge in [-0.15, -0.1) is 0 Å². The molecule has 1 nitrogen and oxygen atoms in total. The van der Waals surface area contributed by atoms with Gasteiger partial charge in [-0.3, -0.25) is 0 Å². The van der Waals surface area contributed by atoms with E-state index < -0.39 is 0 Å². The quantitative estimate of drug-likeness (QED) is 0.608. The average molecular weight is 319 g/mol. The third kappa shape index (κ3) is 5.26. The Balaban J connectivity index is 2.58. The predicted octanol–water partition coefficient (Wildman–Crippen LogP) is 6.84. The van der Waals surface area contributed by atoms with Crippen molar-refractivity contribution in [3.63, 3.8) is 0 Å². The van der Waals surface area contributed by atoms with Crippen LogP contribution < -0.4 is 0 Å². The molecular formula is C22H38O. The Morgan fingerprint density at radius 1 is 0.870 bits per heavy atom. The van der Waals surface area contributed by atoms with E-state index in [1.54, 1.807) is 12.1 Å². The highest BCUT2D eigenvalue weighted by atomic mass is 16.3. The van der Waals surface area contributed by atoms with Crippen LogP contribution in [0.5, 0.6) is 5.75 Å². The molecule has 1 atom stereocenters. The molecule has 0 aromatic heterocycles. The van der Waals surface area contributed by atoms with E-state index in [2.05, 4.69) is 55.4 Å². The highest BCUT2D eigenvalue weighted by molar-refractivity contribution is 5.26. The number of benzene rings is 1. The van der Waals surface area contributed by atoms with Crippen LogP contribution in [0.4, 0.5) is 0 Å². The maximum Gasteiger partial charge on any atom is 0.115 e. The summed E-state index contributed by atoms with van der Waals surface area (Å²) in [6, 6.07) is 7.66. The fourth-order valence-electron chi connectivity index (χ4n) is 3.82. The standard InChI is InChI=1S/C22H38O/c1-17(16-18-11-13-19(23)14-12-18)10-9-15-22(8,20(2,3)4)21(5,6)7/h11-14,17,23H,9-10,15-16H2,1-8H3. The summed E-state index contributed by atoms with van der Waals surface area (Å²) in [6.45, 7) is 19.1. The normalized spacial score (nSPS) is 14.8. The van der Waals surface area contributed by atoms with Crippen molar-refractivity contribution in [3.8, 4) is 5.75 Å². The molecule has 1 aromatic carbocycles. The topological polar surface area (TPSA) is 20.2 Å². The molecule has 0 fully saturated rings. The minimum Gasteiger partial charge on any atom is -0.508 e. The van der Waals surface area contributed by atoms with Crippen molar-refractivity contribution >= 4 is 0 Å². The zero-order chi connectivity index (χ0) is 17.9. The molecule has 132 valence electrons. The summed E-state index contributed by atoms with van der Waals surface area (Å²) >= 11 is 0. The minimum atomic E-state index is 0.311. The van der Waals surface area contributed by atoms with Crippen LogP contribution in [0, 0.1) is 22.2 Å². The summed E-state index contributed by atoms with van der Waals surface area (Å²) < 4.78 is 0. The van der Waals surface area contributed by atoms with Gasteiger partial charge in [0.1, 0.15) is 5.75 Å². The predicted molar refractivity (Wildman–Crippen MR) is 102 cm³/mol. The van der Waals surface area contributed by atoms with E-state index in [1.165, 1.54) is 24.8 Å². The Labute approximate surface area is 144 Å². The summed E-state index contributed by atoms with van der Waals surface area (Å²) in [5, 5.41) is 9.37. The van der Waals surface area contributed by atoms with Gasteiger partial charge in [0, 0.05) is 0 Å². The molecule has 0 saturated carbocycles. The molecule has 23 heavy (non-hydrogen) atoms. The zero-order valence-corrected chi connectivity index (χ0v) is 16.7. The molecular weight excluding hydrogens is 280 g/mol. The fourth-order valence-corrected chi connectivity index (χ4v) is 3.82. The van der Waals surface area contributed by atoms with Gasteiger partial charge in [-0.05, 0) is 52.7 Å². The summed E-state index contributed by atoms with van der Waals surface area (Å²) in [4.78, 5) is 0. The van der Waals surface area contributed by atoms with Crippen molar-refractivity contribution in [2.45, 2.75) is 81.1 Å². The van der Waals surface area contributed by atoms with Crippen LogP contribution in [0.1, 0.15) is 80.2 Å². The van der Waals surface area contributed by atoms with E-state index in [9.17, 15) is 5.11 Å². The smallest absolute Gasteiger partial charge is 0.115 e. The molecule has 0 bridgehead atoms. The summed E-state index contributed by atoms with van der Waals surface area (Å²) in [5.41, 5.74) is 2.28. The molecule has 1 heteroatoms. The Bertz CT molecular complexity index is 456. The monoisotopic (exact) mass is 318 g/mol. The van der Waals surface area contributed by atoms with Crippen molar-refractivity contribution in [1.29, 1.82) is 0 Å². The van der Waals surface area contributed by atoms with E-state index in [-0.39, 0.29) is 0 Å². The maximum atomic E-state index is 9.37. The lowest BCUT2D eigenvalue weighted by molar-refractivity contribution is -0.0245. The van der Waals surface area contributed by atoms with Gasteiger partial charge in [0.2, 0.25) is 0 Å². The first-order valence-electron chi connectivity index (χ1n) is 9.15. The van der Waals surface area contributed by atoms with Gasteiger partial charge in [-0.25, -0.2) is 0 Å². The van der Waals surface area contributed by atoms with Crippen LogP contribution >= 0.6 is 0 Å². The van der Waals surface area contributed by atoms with Crippen LogP contribution in [-0.4, -0.2) is 5.11 Å². The molecule has 0 aliphatic carbocycles. The first-order chi connectivity index (χ1) is 10.4. The molecule has 0 aliphatic heterocycles. The Morgan fingerprint density at radius 2 is 1.35 bits per heavy atom. The van der Waals surface area contributed by atoms with Crippen molar-refractivity contribution < 1.29 is 5.11 Å². The molecule has 0 spiro atoms. The van der Waals surface area contributed by atoms with Crippen molar-refractivity contribution in [3.05, 3.63) is 29.8 Å². The lowest BCUT2D eigenvalue weighted by Gasteiger charge is -2.52. The van der Waals surface area contributed by atoms with Gasteiger partial charge in [0.05, 0.1) is 0 Å². The van der Waals surface area contributed by atoms with Gasteiger partial charge < -0.3 is 5.11 Å². The zero-order valence-electron chi connectivity index (χ0n) is 16.7. The van der Waals surface area contributed by atoms with Gasteiger partial charge in [0.15, 0.2) is 0 Å². The Kier molecular flexibility index (Phi) is 6.35. The maximum absolute atomic E-state index is 9.37. The Morgan fingerprint density at radius 3 is 1.78 bits per heavy atom. The summed E-state index contributed by atoms with van der Waals surface area (Å²) in [6.07, 6.45) is 4.93. The molecule has 1 unspecified atom stereocenters. The number of aromatic hydroxyl groups is 1. The second-order valence-corrected chi connectivity index (χ2v) is 9.70. The fraction of sp³-hybridized carbons (Fsp3) is 0.727. The molecule has 0 radical (unpaired) electrons. The molecule has 1 rings (SSSR count). The molecule has 0 saturated heterocycles. The largest absolute Gasteiger partial charge is 0.508 e.